The summed E-state index contributed by atoms with van der Waals surface area (Å²) in [6.07, 6.45) is 0. The van der Waals surface area contributed by atoms with Gasteiger partial charge in [-0.1, -0.05) is 6.07 Å². The lowest BCUT2D eigenvalue weighted by Crippen LogP contribution is -2.22. The van der Waals surface area contributed by atoms with Crippen LogP contribution >= 0.6 is 0 Å². The highest BCUT2D eigenvalue weighted by molar-refractivity contribution is 5.92. The zero-order chi connectivity index (χ0) is 16.7. The fourth-order valence-corrected chi connectivity index (χ4v) is 2.81. The molecule has 0 spiro atoms. The van der Waals surface area contributed by atoms with Crippen LogP contribution in [0, 0.1) is 20.8 Å². The van der Waals surface area contributed by atoms with Crippen LogP contribution in [0.1, 0.15) is 27.3 Å². The van der Waals surface area contributed by atoms with Crippen molar-refractivity contribution in [3.8, 4) is 5.69 Å². The molecule has 3 rings (SSSR count). The normalized spacial score (nSPS) is 10.9. The molecular formula is C18H16N2O3. The van der Waals surface area contributed by atoms with Crippen LogP contribution in [0.5, 0.6) is 0 Å². The molecule has 1 aromatic heterocycles. The Hall–Kier alpha value is -2.95. The molecule has 1 heterocycles. The van der Waals surface area contributed by atoms with Gasteiger partial charge in [0, 0.05) is 0 Å². The van der Waals surface area contributed by atoms with Crippen molar-refractivity contribution in [1.29, 1.82) is 0 Å². The van der Waals surface area contributed by atoms with Crippen LogP contribution in [0.2, 0.25) is 0 Å². The van der Waals surface area contributed by atoms with Crippen molar-refractivity contribution >= 4 is 16.9 Å². The lowest BCUT2D eigenvalue weighted by atomic mass is 10.1. The molecule has 23 heavy (non-hydrogen) atoms. The van der Waals surface area contributed by atoms with E-state index in [2.05, 4.69) is 4.98 Å². The van der Waals surface area contributed by atoms with Crippen LogP contribution in [0.15, 0.2) is 41.2 Å². The van der Waals surface area contributed by atoms with E-state index in [9.17, 15) is 9.59 Å². The number of hydrogen-bond donors (Lipinski definition) is 1. The SMILES string of the molecule is Cc1cc(C)cc(-n2c(C)nc3cc(C(=O)O)ccc3c2=O)c1. The molecule has 0 saturated carbocycles. The molecule has 0 aliphatic carbocycles. The minimum Gasteiger partial charge on any atom is -0.478 e. The Morgan fingerprint density at radius 3 is 2.30 bits per heavy atom. The minimum atomic E-state index is -1.04. The van der Waals surface area contributed by atoms with Gasteiger partial charge in [-0.05, 0) is 62.2 Å². The van der Waals surface area contributed by atoms with Gasteiger partial charge in [-0.2, -0.15) is 0 Å². The monoisotopic (exact) mass is 308 g/mol. The van der Waals surface area contributed by atoms with Gasteiger partial charge in [-0.15, -0.1) is 0 Å². The van der Waals surface area contributed by atoms with Crippen LogP contribution < -0.4 is 5.56 Å². The number of benzene rings is 2. The summed E-state index contributed by atoms with van der Waals surface area (Å²) < 4.78 is 1.56. The van der Waals surface area contributed by atoms with Crippen molar-refractivity contribution in [2.75, 3.05) is 0 Å². The Balaban J connectivity index is 2.33. The highest BCUT2D eigenvalue weighted by Crippen LogP contribution is 2.17. The molecule has 0 radical (unpaired) electrons. The van der Waals surface area contributed by atoms with Gasteiger partial charge in [0.2, 0.25) is 0 Å². The van der Waals surface area contributed by atoms with Crippen molar-refractivity contribution in [2.24, 2.45) is 0 Å². The predicted molar refractivity (Wildman–Crippen MR) is 88.5 cm³/mol. The second-order valence-electron chi connectivity index (χ2n) is 5.68. The van der Waals surface area contributed by atoms with Crippen molar-refractivity contribution in [3.63, 3.8) is 0 Å². The molecule has 5 heteroatoms. The van der Waals surface area contributed by atoms with E-state index in [0.717, 1.165) is 16.8 Å². The number of aryl methyl sites for hydroxylation is 3. The summed E-state index contributed by atoms with van der Waals surface area (Å²) in [5, 5.41) is 9.47. The number of rotatable bonds is 2. The summed E-state index contributed by atoms with van der Waals surface area (Å²) in [7, 11) is 0. The first-order valence-electron chi connectivity index (χ1n) is 7.22. The van der Waals surface area contributed by atoms with Crippen LogP contribution in [0.3, 0.4) is 0 Å². The molecule has 0 fully saturated rings. The van der Waals surface area contributed by atoms with Crippen LogP contribution in [0.25, 0.3) is 16.6 Å². The third-order valence-corrected chi connectivity index (χ3v) is 3.75. The highest BCUT2D eigenvalue weighted by atomic mass is 16.4. The lowest BCUT2D eigenvalue weighted by molar-refractivity contribution is 0.0697. The third-order valence-electron chi connectivity index (χ3n) is 3.75. The number of hydrogen-bond acceptors (Lipinski definition) is 3. The van der Waals surface area contributed by atoms with Gasteiger partial charge in [0.05, 0.1) is 22.2 Å². The molecule has 0 bridgehead atoms. The Morgan fingerprint density at radius 1 is 1.04 bits per heavy atom. The summed E-state index contributed by atoms with van der Waals surface area (Å²) in [5.41, 5.74) is 3.21. The van der Waals surface area contributed by atoms with Crippen LogP contribution in [-0.2, 0) is 0 Å². The van der Waals surface area contributed by atoms with E-state index in [1.54, 1.807) is 11.5 Å². The number of aromatic carboxylic acids is 1. The molecular weight excluding hydrogens is 292 g/mol. The van der Waals surface area contributed by atoms with Gasteiger partial charge >= 0.3 is 5.97 Å². The van der Waals surface area contributed by atoms with E-state index in [1.807, 2.05) is 32.0 Å². The second kappa shape index (κ2) is 5.35. The zero-order valence-electron chi connectivity index (χ0n) is 13.1. The van der Waals surface area contributed by atoms with E-state index in [0.29, 0.717) is 16.7 Å². The molecule has 0 aliphatic heterocycles. The predicted octanol–water partition coefficient (Wildman–Crippen LogP) is 3.01. The largest absolute Gasteiger partial charge is 0.478 e. The highest BCUT2D eigenvalue weighted by Gasteiger charge is 2.12. The maximum Gasteiger partial charge on any atom is 0.335 e. The number of carboxylic acid groups (broad SMARTS) is 1. The molecule has 0 amide bonds. The Morgan fingerprint density at radius 2 is 1.70 bits per heavy atom. The fourth-order valence-electron chi connectivity index (χ4n) is 2.81. The standard InChI is InChI=1S/C18H16N2O3/c1-10-6-11(2)8-14(7-10)20-12(3)19-16-9-13(18(22)23)4-5-15(16)17(20)21/h4-9H,1-3H3,(H,22,23). The summed E-state index contributed by atoms with van der Waals surface area (Å²) in [6.45, 7) is 5.70. The zero-order valence-corrected chi connectivity index (χ0v) is 13.1. The van der Waals surface area contributed by atoms with Crippen LogP contribution in [0.4, 0.5) is 0 Å². The van der Waals surface area contributed by atoms with E-state index >= 15 is 0 Å². The molecule has 5 nitrogen and oxygen atoms in total. The van der Waals surface area contributed by atoms with Crippen molar-refractivity contribution in [1.82, 2.24) is 9.55 Å². The molecule has 2 aromatic carbocycles. The van der Waals surface area contributed by atoms with Gasteiger partial charge < -0.3 is 5.11 Å². The first-order chi connectivity index (χ1) is 10.9. The summed E-state index contributed by atoms with van der Waals surface area (Å²) >= 11 is 0. The van der Waals surface area contributed by atoms with E-state index < -0.39 is 5.97 Å². The fraction of sp³-hybridized carbons (Fsp3) is 0.167. The van der Waals surface area contributed by atoms with Crippen LogP contribution in [-0.4, -0.2) is 20.6 Å². The average molecular weight is 308 g/mol. The smallest absolute Gasteiger partial charge is 0.335 e. The molecule has 116 valence electrons. The van der Waals surface area contributed by atoms with Gasteiger partial charge in [-0.25, -0.2) is 9.78 Å². The van der Waals surface area contributed by atoms with Crippen molar-refractivity contribution < 1.29 is 9.90 Å². The van der Waals surface area contributed by atoms with Gasteiger partial charge in [0.1, 0.15) is 5.82 Å². The second-order valence-corrected chi connectivity index (χ2v) is 5.68. The molecule has 0 saturated heterocycles. The van der Waals surface area contributed by atoms with E-state index in [4.69, 9.17) is 5.11 Å². The first kappa shape index (κ1) is 15.0. The molecule has 0 unspecified atom stereocenters. The summed E-state index contributed by atoms with van der Waals surface area (Å²) in [5.74, 6) is -0.514. The molecule has 3 aromatic rings. The van der Waals surface area contributed by atoms with E-state index in [1.165, 1.54) is 18.2 Å². The summed E-state index contributed by atoms with van der Waals surface area (Å²) in [6, 6.07) is 10.3. The van der Waals surface area contributed by atoms with E-state index in [-0.39, 0.29) is 11.1 Å². The Kier molecular flexibility index (Phi) is 3.48. The number of nitrogens with zero attached hydrogens (tertiary/aromatic N) is 2. The maximum atomic E-state index is 12.8. The topological polar surface area (TPSA) is 72.2 Å². The number of fused-ring (bicyclic) bond motifs is 1. The Bertz CT molecular complexity index is 983. The first-order valence-corrected chi connectivity index (χ1v) is 7.22. The van der Waals surface area contributed by atoms with Gasteiger partial charge in [0.25, 0.3) is 5.56 Å². The number of carbonyl (C=O) groups is 1. The summed E-state index contributed by atoms with van der Waals surface area (Å²) in [4.78, 5) is 28.3. The minimum absolute atomic E-state index is 0.118. The van der Waals surface area contributed by atoms with Crippen molar-refractivity contribution in [3.05, 3.63) is 69.3 Å². The third kappa shape index (κ3) is 2.61. The van der Waals surface area contributed by atoms with Crippen molar-refractivity contribution in [2.45, 2.75) is 20.8 Å². The molecule has 0 atom stereocenters. The maximum absolute atomic E-state index is 12.8. The van der Waals surface area contributed by atoms with Gasteiger partial charge in [-0.3, -0.25) is 9.36 Å². The number of aromatic nitrogens is 2. The molecule has 1 N–H and O–H groups in total. The quantitative estimate of drug-likeness (QED) is 0.790. The number of carboxylic acids is 1. The average Bonchev–Trinajstić information content (AvgIpc) is 2.45. The Labute approximate surface area is 132 Å². The molecule has 0 aliphatic rings. The van der Waals surface area contributed by atoms with Gasteiger partial charge in [0.15, 0.2) is 0 Å². The lowest BCUT2D eigenvalue weighted by Gasteiger charge is -2.12.